The standard InChI is InChI=1S/C25H38N6OS/c1-4-13-33-18(3)8-9-22(33)25(32)30-11-6-5-7-21(30)20-14-23-27-24(17(2)15-31(23)28-20)29-12-10-19(26)16-29/h14-15,19,21-22H,4-13,16,26H2,1-3H3. The Morgan fingerprint density at radius 2 is 2.06 bits per heavy atom. The van der Waals surface area contributed by atoms with Crippen LogP contribution in [0.25, 0.3) is 5.65 Å². The van der Waals surface area contributed by atoms with Crippen molar-refractivity contribution in [3.63, 3.8) is 0 Å². The van der Waals surface area contributed by atoms with Crippen LogP contribution in [0.1, 0.15) is 76.1 Å². The second kappa shape index (κ2) is 9.37. The molecule has 4 unspecified atom stereocenters. The third kappa shape index (κ3) is 4.32. The van der Waals surface area contributed by atoms with Gasteiger partial charge in [-0.05, 0) is 69.4 Å². The van der Waals surface area contributed by atoms with Crippen LogP contribution in [-0.2, 0) is 4.79 Å². The normalized spacial score (nSPS) is 28.3. The maximum absolute atomic E-state index is 13.8. The van der Waals surface area contributed by atoms with E-state index in [0.29, 0.717) is 5.91 Å². The van der Waals surface area contributed by atoms with Gasteiger partial charge < -0.3 is 15.5 Å². The second-order valence-electron chi connectivity index (χ2n) is 10.0. The van der Waals surface area contributed by atoms with Crippen LogP contribution in [-0.4, -0.2) is 66.9 Å². The molecule has 0 aromatic carbocycles. The zero-order valence-electron chi connectivity index (χ0n) is 20.3. The lowest BCUT2D eigenvalue weighted by atomic mass is 9.98. The van der Waals surface area contributed by atoms with Crippen molar-refractivity contribution in [2.75, 3.05) is 30.3 Å². The molecule has 180 valence electrons. The van der Waals surface area contributed by atoms with Gasteiger partial charge in [0.15, 0.2) is 5.65 Å². The fourth-order valence-corrected chi connectivity index (χ4v) is 8.52. The highest BCUT2D eigenvalue weighted by molar-refractivity contribution is 8.17. The molecule has 2 N–H and O–H groups in total. The molecular weight excluding hydrogens is 432 g/mol. The highest BCUT2D eigenvalue weighted by Crippen LogP contribution is 2.40. The van der Waals surface area contributed by atoms with Gasteiger partial charge in [-0.15, -0.1) is 0 Å². The molecule has 5 heterocycles. The molecular formula is C25H38N6OS. The van der Waals surface area contributed by atoms with E-state index in [1.165, 1.54) is 0 Å². The molecule has 0 saturated carbocycles. The fraction of sp³-hybridized carbons (Fsp3) is 0.680. The van der Waals surface area contributed by atoms with Crippen LogP contribution in [0.3, 0.4) is 0 Å². The minimum atomic E-state index is 0.0601. The first-order valence-corrected chi connectivity index (χ1v) is 14.1. The maximum Gasteiger partial charge on any atom is 0.235 e. The Bertz CT molecular complexity index is 1080. The highest BCUT2D eigenvalue weighted by atomic mass is 32.2. The van der Waals surface area contributed by atoms with Gasteiger partial charge in [0.25, 0.3) is 0 Å². The molecule has 0 radical (unpaired) electrons. The number of nitrogens with two attached hydrogens (primary N) is 1. The van der Waals surface area contributed by atoms with Gasteiger partial charge in [0, 0.05) is 43.5 Å². The zero-order chi connectivity index (χ0) is 23.1. The molecule has 2 aromatic heterocycles. The molecule has 3 aliphatic rings. The van der Waals surface area contributed by atoms with E-state index < -0.39 is 0 Å². The number of carbonyl (C=O) groups excluding carboxylic acids is 1. The van der Waals surface area contributed by atoms with Crippen LogP contribution in [0.15, 0.2) is 12.3 Å². The fourth-order valence-electron chi connectivity index (χ4n) is 5.80. The number of carbonyl (C=O) groups is 1. The number of anilines is 1. The lowest BCUT2D eigenvalue weighted by molar-refractivity contribution is -0.134. The van der Waals surface area contributed by atoms with Gasteiger partial charge >= 0.3 is 0 Å². The number of piperidine rings is 1. The predicted molar refractivity (Wildman–Crippen MR) is 137 cm³/mol. The molecule has 2 aromatic rings. The van der Waals surface area contributed by atoms with E-state index in [1.54, 1.807) is 4.86 Å². The first-order chi connectivity index (χ1) is 16.0. The zero-order valence-corrected chi connectivity index (χ0v) is 21.1. The molecule has 3 aliphatic heterocycles. The average molecular weight is 471 g/mol. The Balaban J connectivity index is 1.43. The summed E-state index contributed by atoms with van der Waals surface area (Å²) in [6.07, 6.45) is 9.57. The summed E-state index contributed by atoms with van der Waals surface area (Å²) < 4.78 is 1.90. The summed E-state index contributed by atoms with van der Waals surface area (Å²) >= 11 is 0. The summed E-state index contributed by atoms with van der Waals surface area (Å²) in [6, 6.07) is 2.39. The number of nitrogens with zero attached hydrogens (tertiary/aromatic N) is 5. The van der Waals surface area contributed by atoms with E-state index >= 15 is 0 Å². The average Bonchev–Trinajstić information content (AvgIpc) is 3.52. The smallest absolute Gasteiger partial charge is 0.235 e. The summed E-state index contributed by atoms with van der Waals surface area (Å²) in [4.78, 5) is 24.8. The summed E-state index contributed by atoms with van der Waals surface area (Å²) in [6.45, 7) is 9.25. The maximum atomic E-state index is 13.8. The summed E-state index contributed by atoms with van der Waals surface area (Å²) in [7, 11) is 0.133. The van der Waals surface area contributed by atoms with Crippen molar-refractivity contribution in [1.82, 2.24) is 19.5 Å². The first kappa shape index (κ1) is 22.8. The van der Waals surface area contributed by atoms with Gasteiger partial charge in [-0.2, -0.15) is 15.6 Å². The van der Waals surface area contributed by atoms with E-state index in [-0.39, 0.29) is 27.8 Å². The number of hydrogen-bond donors (Lipinski definition) is 1. The number of fused-ring (bicyclic) bond motifs is 1. The van der Waals surface area contributed by atoms with Gasteiger partial charge in [-0.1, -0.05) is 6.92 Å². The van der Waals surface area contributed by atoms with Crippen molar-refractivity contribution in [1.29, 1.82) is 0 Å². The Morgan fingerprint density at radius 1 is 1.21 bits per heavy atom. The topological polar surface area (TPSA) is 79.8 Å². The van der Waals surface area contributed by atoms with Gasteiger partial charge in [0.05, 0.1) is 17.0 Å². The monoisotopic (exact) mass is 470 g/mol. The molecule has 2 fully saturated rings. The van der Waals surface area contributed by atoms with Crippen molar-refractivity contribution in [2.45, 2.75) is 83.1 Å². The van der Waals surface area contributed by atoms with Crippen LogP contribution < -0.4 is 10.6 Å². The predicted octanol–water partition coefficient (Wildman–Crippen LogP) is 3.66. The van der Waals surface area contributed by atoms with Crippen molar-refractivity contribution in [3.8, 4) is 0 Å². The quantitative estimate of drug-likeness (QED) is 0.675. The number of aryl methyl sites for hydroxylation is 1. The molecule has 33 heavy (non-hydrogen) atoms. The summed E-state index contributed by atoms with van der Waals surface area (Å²) in [5.74, 6) is 2.53. The molecule has 4 atom stereocenters. The third-order valence-corrected chi connectivity index (χ3v) is 10.6. The lowest BCUT2D eigenvalue weighted by Gasteiger charge is -2.37. The van der Waals surface area contributed by atoms with Gasteiger partial charge in [0.1, 0.15) is 5.82 Å². The molecule has 5 rings (SSSR count). The van der Waals surface area contributed by atoms with Gasteiger partial charge in [0.2, 0.25) is 5.91 Å². The van der Waals surface area contributed by atoms with E-state index in [4.69, 9.17) is 15.8 Å². The SMILES string of the molecule is CCCS1=C(C)CCC1C(=O)N1CCCCC1c1cc2nc(N3CCC(N)C3)c(C)cn2n1. The van der Waals surface area contributed by atoms with E-state index in [0.717, 1.165) is 93.1 Å². The number of rotatable bonds is 5. The minimum Gasteiger partial charge on any atom is -0.355 e. The molecule has 0 spiro atoms. The highest BCUT2D eigenvalue weighted by Gasteiger charge is 2.37. The minimum absolute atomic E-state index is 0.0601. The Hall–Kier alpha value is -1.93. The molecule has 8 heteroatoms. The third-order valence-electron chi connectivity index (χ3n) is 7.52. The number of aromatic nitrogens is 3. The van der Waals surface area contributed by atoms with Crippen LogP contribution in [0.4, 0.5) is 5.82 Å². The summed E-state index contributed by atoms with van der Waals surface area (Å²) in [5, 5.41) is 5.10. The largest absolute Gasteiger partial charge is 0.355 e. The molecule has 7 nitrogen and oxygen atoms in total. The Morgan fingerprint density at radius 3 is 2.82 bits per heavy atom. The number of hydrogen-bond acceptors (Lipinski definition) is 5. The number of likely N-dealkylation sites (tertiary alicyclic amines) is 1. The van der Waals surface area contributed by atoms with Crippen molar-refractivity contribution in [2.24, 2.45) is 5.73 Å². The molecule has 0 aliphatic carbocycles. The molecule has 0 bridgehead atoms. The van der Waals surface area contributed by atoms with E-state index in [9.17, 15) is 4.79 Å². The Kier molecular flexibility index (Phi) is 6.49. The van der Waals surface area contributed by atoms with Crippen LogP contribution >= 0.6 is 10.5 Å². The van der Waals surface area contributed by atoms with Crippen LogP contribution in [0.2, 0.25) is 0 Å². The second-order valence-corrected chi connectivity index (χ2v) is 12.6. The molecule has 2 saturated heterocycles. The van der Waals surface area contributed by atoms with Gasteiger partial charge in [-0.3, -0.25) is 4.79 Å². The summed E-state index contributed by atoms with van der Waals surface area (Å²) in [5.41, 5.74) is 9.09. The Labute approximate surface area is 199 Å². The van der Waals surface area contributed by atoms with Crippen LogP contribution in [0.5, 0.6) is 0 Å². The van der Waals surface area contributed by atoms with Crippen LogP contribution in [0, 0.1) is 6.92 Å². The van der Waals surface area contributed by atoms with Crippen molar-refractivity contribution < 1.29 is 4.79 Å². The lowest BCUT2D eigenvalue weighted by Crippen LogP contribution is -2.43. The molecule has 1 amide bonds. The number of amides is 1. The van der Waals surface area contributed by atoms with Crippen molar-refractivity contribution in [3.05, 3.63) is 23.5 Å². The first-order valence-electron chi connectivity index (χ1n) is 12.7. The van der Waals surface area contributed by atoms with Crippen molar-refractivity contribution >= 4 is 32.7 Å². The van der Waals surface area contributed by atoms with E-state index in [1.807, 2.05) is 4.52 Å². The van der Waals surface area contributed by atoms with Gasteiger partial charge in [-0.25, -0.2) is 9.50 Å². The van der Waals surface area contributed by atoms with E-state index in [2.05, 4.69) is 42.8 Å².